The van der Waals surface area contributed by atoms with Gasteiger partial charge in [0.15, 0.2) is 31.3 Å². The summed E-state index contributed by atoms with van der Waals surface area (Å²) in [6, 6.07) is 0. The average molecular weight is 428 g/mol. The number of hydrogen-bond acceptors (Lipinski definition) is 9. The predicted molar refractivity (Wildman–Crippen MR) is 103 cm³/mol. The van der Waals surface area contributed by atoms with Crippen molar-refractivity contribution >= 4 is 11.8 Å². The molecule has 4 aliphatic rings. The van der Waals surface area contributed by atoms with Gasteiger partial charge in [-0.25, -0.2) is 4.79 Å². The Kier molecular flexibility index (Phi) is 6.18. The lowest BCUT2D eigenvalue weighted by Gasteiger charge is -2.68. The van der Waals surface area contributed by atoms with Crippen molar-refractivity contribution in [1.82, 2.24) is 0 Å². The van der Waals surface area contributed by atoms with E-state index in [1.54, 1.807) is 0 Å². The van der Waals surface area contributed by atoms with Gasteiger partial charge < -0.3 is 34.3 Å². The van der Waals surface area contributed by atoms with Crippen molar-refractivity contribution in [3.05, 3.63) is 12.7 Å². The normalized spacial score (nSPS) is 39.9. The molecule has 9 heteroatoms. The van der Waals surface area contributed by atoms with Crippen LogP contribution in [0.25, 0.3) is 0 Å². The van der Waals surface area contributed by atoms with Crippen molar-refractivity contribution in [2.45, 2.75) is 95.0 Å². The maximum absolute atomic E-state index is 13.3. The van der Waals surface area contributed by atoms with Gasteiger partial charge in [-0.05, 0) is 40.0 Å². The molecule has 4 fully saturated rings. The van der Waals surface area contributed by atoms with E-state index in [1.807, 2.05) is 0 Å². The predicted octanol–water partition coefficient (Wildman–Crippen LogP) is 0.934. The van der Waals surface area contributed by atoms with Crippen molar-refractivity contribution in [2.75, 3.05) is 6.61 Å². The Morgan fingerprint density at radius 3 is 1.50 bits per heavy atom. The van der Waals surface area contributed by atoms with E-state index >= 15 is 0 Å². The second kappa shape index (κ2) is 7.96. The Balaban J connectivity index is 2.03. The molecule has 3 N–H and O–H groups in total. The Morgan fingerprint density at radius 1 is 0.833 bits per heavy atom. The highest BCUT2D eigenvalue weighted by atomic mass is 16.6. The number of aliphatic hydroxyl groups is 3. The Morgan fingerprint density at radius 2 is 1.20 bits per heavy atom. The quantitative estimate of drug-likeness (QED) is 0.264. The van der Waals surface area contributed by atoms with Gasteiger partial charge >= 0.3 is 5.97 Å². The van der Waals surface area contributed by atoms with Crippen LogP contribution < -0.4 is 0 Å². The number of ether oxygens (including phenoxy) is 4. The molecule has 9 nitrogen and oxygen atoms in total. The van der Waals surface area contributed by atoms with Gasteiger partial charge in [0.25, 0.3) is 0 Å². The van der Waals surface area contributed by atoms with Crippen LogP contribution in [0.15, 0.2) is 12.7 Å². The molecule has 170 valence electrons. The molecule has 4 bridgehead atoms. The minimum Gasteiger partial charge on any atom is -0.455 e. The summed E-state index contributed by atoms with van der Waals surface area (Å²) < 4.78 is 22.8. The fourth-order valence-electron chi connectivity index (χ4n) is 6.47. The summed E-state index contributed by atoms with van der Waals surface area (Å²) in [6.07, 6.45) is -0.326. The first-order valence-corrected chi connectivity index (χ1v) is 10.3. The molecule has 0 saturated heterocycles. The largest absolute Gasteiger partial charge is 0.455 e. The molecule has 4 rings (SSSR count). The van der Waals surface area contributed by atoms with E-state index in [1.165, 1.54) is 20.8 Å². The zero-order chi connectivity index (χ0) is 22.4. The van der Waals surface area contributed by atoms with E-state index in [4.69, 9.17) is 18.9 Å². The van der Waals surface area contributed by atoms with Crippen LogP contribution in [-0.2, 0) is 28.5 Å². The first-order chi connectivity index (χ1) is 13.9. The lowest BCUT2D eigenvalue weighted by molar-refractivity contribution is -0.356. The van der Waals surface area contributed by atoms with Crippen molar-refractivity contribution in [2.24, 2.45) is 5.41 Å². The maximum atomic E-state index is 13.3. The summed E-state index contributed by atoms with van der Waals surface area (Å²) in [7, 11) is 0. The fraction of sp³-hybridized carbons (Fsp3) is 0.810. The van der Waals surface area contributed by atoms with Gasteiger partial charge in [-0.2, -0.15) is 0 Å². The lowest BCUT2D eigenvalue weighted by Crippen LogP contribution is -2.73. The number of ketones is 1. The summed E-state index contributed by atoms with van der Waals surface area (Å²) in [5, 5.41) is 30.0. The topological polar surface area (TPSA) is 132 Å². The molecule has 0 aromatic rings. The monoisotopic (exact) mass is 428 g/mol. The second-order valence-electron chi connectivity index (χ2n) is 9.28. The SMILES string of the molecule is C=CC(=O)OCC(=O)C12CC3(OC(C)O)CC(OC(C)O)(CC(OC(C)O)(C3)C1)C2. The van der Waals surface area contributed by atoms with Crippen LogP contribution in [0.4, 0.5) is 0 Å². The molecule has 3 atom stereocenters. The molecule has 0 aliphatic heterocycles. The summed E-state index contributed by atoms with van der Waals surface area (Å²) in [4.78, 5) is 24.8. The van der Waals surface area contributed by atoms with Crippen LogP contribution in [0.2, 0.25) is 0 Å². The number of aliphatic hydroxyl groups excluding tert-OH is 3. The molecule has 0 amide bonds. The van der Waals surface area contributed by atoms with Crippen LogP contribution in [-0.4, -0.2) is 69.4 Å². The molecular weight excluding hydrogens is 396 g/mol. The third-order valence-corrected chi connectivity index (χ3v) is 6.28. The molecular formula is C21H32O9. The standard InChI is InChI=1S/C21H32O9/c1-5-17(26)27-6-16(25)18-7-19(28-13(2)22)10-20(8-18,29-14(3)23)12-21(9-18,11-19)30-15(4)24/h5,13-15,22-24H,1,6-12H2,2-4H3. The van der Waals surface area contributed by atoms with Crippen molar-refractivity contribution in [3.8, 4) is 0 Å². The lowest BCUT2D eigenvalue weighted by atomic mass is 9.43. The molecule has 0 heterocycles. The number of Topliss-reactive ketones (excluding diaryl/α,β-unsaturated/α-hetero) is 1. The van der Waals surface area contributed by atoms with Gasteiger partial charge in [0, 0.05) is 30.8 Å². The highest BCUT2D eigenvalue weighted by molar-refractivity contribution is 5.90. The van der Waals surface area contributed by atoms with Crippen LogP contribution in [0.1, 0.15) is 59.3 Å². The molecule has 4 aliphatic carbocycles. The average Bonchev–Trinajstić information content (AvgIpc) is 2.54. The van der Waals surface area contributed by atoms with Gasteiger partial charge in [0.05, 0.1) is 16.8 Å². The molecule has 0 aromatic carbocycles. The van der Waals surface area contributed by atoms with Crippen molar-refractivity contribution < 1.29 is 43.9 Å². The first kappa shape index (κ1) is 23.3. The Bertz CT molecular complexity index is 626. The third-order valence-electron chi connectivity index (χ3n) is 6.28. The molecule has 4 saturated carbocycles. The number of carbonyl (C=O) groups is 2. The molecule has 30 heavy (non-hydrogen) atoms. The number of hydrogen-bond donors (Lipinski definition) is 3. The highest BCUT2D eigenvalue weighted by Gasteiger charge is 2.72. The summed E-state index contributed by atoms with van der Waals surface area (Å²) in [6.45, 7) is 7.36. The third kappa shape index (κ3) is 4.46. The smallest absolute Gasteiger partial charge is 0.330 e. The molecule has 0 aromatic heterocycles. The minimum atomic E-state index is -1.10. The van der Waals surface area contributed by atoms with E-state index in [9.17, 15) is 24.9 Å². The van der Waals surface area contributed by atoms with E-state index in [0.717, 1.165) is 6.08 Å². The second-order valence-corrected chi connectivity index (χ2v) is 9.28. The summed E-state index contributed by atoms with van der Waals surface area (Å²) in [5.41, 5.74) is -3.88. The van der Waals surface area contributed by atoms with E-state index in [-0.39, 0.29) is 5.78 Å². The first-order valence-electron chi connectivity index (χ1n) is 10.3. The number of rotatable bonds is 10. The zero-order valence-electron chi connectivity index (χ0n) is 17.8. The zero-order valence-corrected chi connectivity index (χ0v) is 17.8. The van der Waals surface area contributed by atoms with Crippen molar-refractivity contribution in [1.29, 1.82) is 0 Å². The number of esters is 1. The van der Waals surface area contributed by atoms with Crippen LogP contribution in [0.5, 0.6) is 0 Å². The van der Waals surface area contributed by atoms with E-state index < -0.39 is 53.7 Å². The molecule has 3 unspecified atom stereocenters. The number of carbonyl (C=O) groups excluding carboxylic acids is 2. The van der Waals surface area contributed by atoms with Gasteiger partial charge in [0.1, 0.15) is 0 Å². The van der Waals surface area contributed by atoms with Crippen LogP contribution >= 0.6 is 0 Å². The van der Waals surface area contributed by atoms with Crippen LogP contribution in [0.3, 0.4) is 0 Å². The maximum Gasteiger partial charge on any atom is 0.330 e. The molecule has 0 spiro atoms. The highest BCUT2D eigenvalue weighted by Crippen LogP contribution is 2.68. The van der Waals surface area contributed by atoms with E-state index in [2.05, 4.69) is 6.58 Å². The Labute approximate surface area is 175 Å². The summed E-state index contributed by atoms with van der Waals surface area (Å²) >= 11 is 0. The Hall–Kier alpha value is -1.36. The van der Waals surface area contributed by atoms with Gasteiger partial charge in [-0.1, -0.05) is 6.58 Å². The minimum absolute atomic E-state index is 0.297. The van der Waals surface area contributed by atoms with E-state index in [0.29, 0.717) is 38.5 Å². The molecule has 0 radical (unpaired) electrons. The van der Waals surface area contributed by atoms with Gasteiger partial charge in [-0.3, -0.25) is 4.79 Å². The van der Waals surface area contributed by atoms with Gasteiger partial charge in [-0.15, -0.1) is 0 Å². The summed E-state index contributed by atoms with van der Waals surface area (Å²) in [5.74, 6) is -1.01. The van der Waals surface area contributed by atoms with Gasteiger partial charge in [0.2, 0.25) is 0 Å². The fourth-order valence-corrected chi connectivity index (χ4v) is 6.47. The van der Waals surface area contributed by atoms with Crippen LogP contribution in [0, 0.1) is 5.41 Å². The van der Waals surface area contributed by atoms with Crippen molar-refractivity contribution in [3.63, 3.8) is 0 Å².